The van der Waals surface area contributed by atoms with Crippen LogP contribution in [0.15, 0.2) is 0 Å². The number of rotatable bonds is 6. The molecule has 1 heterocycles. The first kappa shape index (κ1) is 14.0. The molecule has 1 rings (SSSR count). The Bertz CT molecular complexity index is 281. The maximum atomic E-state index is 11.8. The average molecular weight is 242 g/mol. The van der Waals surface area contributed by atoms with Gasteiger partial charge in [0, 0.05) is 12.6 Å². The van der Waals surface area contributed by atoms with Gasteiger partial charge < -0.3 is 15.7 Å². The maximum absolute atomic E-state index is 11.8. The molecular weight excluding hydrogens is 220 g/mol. The fraction of sp³-hybridized carbons (Fsp3) is 0.833. The number of carbonyl (C=O) groups is 2. The second-order valence-corrected chi connectivity index (χ2v) is 4.71. The second kappa shape index (κ2) is 6.59. The zero-order chi connectivity index (χ0) is 12.8. The van der Waals surface area contributed by atoms with Gasteiger partial charge in [0.2, 0.25) is 5.91 Å². The van der Waals surface area contributed by atoms with Crippen molar-refractivity contribution in [2.24, 2.45) is 11.8 Å². The van der Waals surface area contributed by atoms with E-state index < -0.39 is 11.9 Å². The smallest absolute Gasteiger partial charge is 0.308 e. The van der Waals surface area contributed by atoms with Crippen LogP contribution in [0.4, 0.5) is 0 Å². The van der Waals surface area contributed by atoms with Gasteiger partial charge in [-0.25, -0.2) is 0 Å². The minimum Gasteiger partial charge on any atom is -0.481 e. The predicted octanol–water partition coefficient (Wildman–Crippen LogP) is 0.602. The van der Waals surface area contributed by atoms with Gasteiger partial charge >= 0.3 is 5.97 Å². The first-order valence-corrected chi connectivity index (χ1v) is 6.30. The van der Waals surface area contributed by atoms with Gasteiger partial charge in [0.1, 0.15) is 0 Å². The van der Waals surface area contributed by atoms with E-state index >= 15 is 0 Å². The van der Waals surface area contributed by atoms with Crippen molar-refractivity contribution in [2.75, 3.05) is 13.1 Å². The maximum Gasteiger partial charge on any atom is 0.308 e. The van der Waals surface area contributed by atoms with Crippen LogP contribution in [0.2, 0.25) is 0 Å². The van der Waals surface area contributed by atoms with Crippen molar-refractivity contribution in [3.05, 3.63) is 0 Å². The Hall–Kier alpha value is -1.10. The lowest BCUT2D eigenvalue weighted by Crippen LogP contribution is -2.40. The molecule has 0 aliphatic carbocycles. The minimum absolute atomic E-state index is 0.0222. The van der Waals surface area contributed by atoms with E-state index in [1.54, 1.807) is 0 Å². The highest BCUT2D eigenvalue weighted by molar-refractivity contribution is 5.80. The molecule has 0 aromatic rings. The fourth-order valence-corrected chi connectivity index (χ4v) is 2.23. The largest absolute Gasteiger partial charge is 0.481 e. The van der Waals surface area contributed by atoms with E-state index in [0.717, 1.165) is 19.4 Å². The van der Waals surface area contributed by atoms with Crippen molar-refractivity contribution in [1.29, 1.82) is 0 Å². The molecule has 0 saturated carbocycles. The summed E-state index contributed by atoms with van der Waals surface area (Å²) in [6.07, 6.45) is 2.25. The quantitative estimate of drug-likeness (QED) is 0.637. The first-order chi connectivity index (χ1) is 8.06. The van der Waals surface area contributed by atoms with Crippen LogP contribution in [0.1, 0.15) is 33.1 Å². The first-order valence-electron chi connectivity index (χ1n) is 6.30. The van der Waals surface area contributed by atoms with Gasteiger partial charge in [-0.15, -0.1) is 0 Å². The number of carboxylic acid groups (broad SMARTS) is 1. The van der Waals surface area contributed by atoms with E-state index in [-0.39, 0.29) is 24.4 Å². The zero-order valence-corrected chi connectivity index (χ0v) is 10.5. The van der Waals surface area contributed by atoms with E-state index in [4.69, 9.17) is 5.11 Å². The van der Waals surface area contributed by atoms with Crippen molar-refractivity contribution >= 4 is 11.9 Å². The zero-order valence-electron chi connectivity index (χ0n) is 10.5. The molecule has 3 atom stereocenters. The fourth-order valence-electron chi connectivity index (χ4n) is 2.23. The van der Waals surface area contributed by atoms with Crippen molar-refractivity contribution in [3.8, 4) is 0 Å². The number of carboxylic acids is 1. The molecule has 1 aliphatic rings. The Morgan fingerprint density at radius 2 is 2.24 bits per heavy atom. The highest BCUT2D eigenvalue weighted by atomic mass is 16.4. The molecule has 3 unspecified atom stereocenters. The minimum atomic E-state index is -0.829. The number of amides is 1. The SMILES string of the molecule is CCCC(CNC(=O)C1CCNC1C)C(=O)O. The van der Waals surface area contributed by atoms with Crippen LogP contribution in [0, 0.1) is 11.8 Å². The number of carbonyl (C=O) groups excluding carboxylic acids is 1. The van der Waals surface area contributed by atoms with Gasteiger partial charge in [-0.3, -0.25) is 9.59 Å². The molecule has 98 valence electrons. The lowest BCUT2D eigenvalue weighted by atomic mass is 10.00. The number of aliphatic carboxylic acids is 1. The van der Waals surface area contributed by atoms with Crippen molar-refractivity contribution in [3.63, 3.8) is 0 Å². The Balaban J connectivity index is 2.38. The third-order valence-electron chi connectivity index (χ3n) is 3.37. The molecule has 1 fully saturated rings. The summed E-state index contributed by atoms with van der Waals surface area (Å²) in [6.45, 7) is 5.03. The van der Waals surface area contributed by atoms with Gasteiger partial charge in [-0.2, -0.15) is 0 Å². The topological polar surface area (TPSA) is 78.4 Å². The molecular formula is C12H22N2O3. The molecule has 1 saturated heterocycles. The Morgan fingerprint density at radius 1 is 1.53 bits per heavy atom. The normalized spacial score (nSPS) is 25.5. The highest BCUT2D eigenvalue weighted by Crippen LogP contribution is 2.15. The third kappa shape index (κ3) is 4.00. The van der Waals surface area contributed by atoms with E-state index in [1.165, 1.54) is 0 Å². The van der Waals surface area contributed by atoms with Gasteiger partial charge in [-0.05, 0) is 26.3 Å². The summed E-state index contributed by atoms with van der Waals surface area (Å²) in [7, 11) is 0. The number of nitrogens with one attached hydrogen (secondary N) is 2. The van der Waals surface area contributed by atoms with Crippen LogP contribution >= 0.6 is 0 Å². The summed E-state index contributed by atoms with van der Waals surface area (Å²) in [5.74, 6) is -1.34. The van der Waals surface area contributed by atoms with E-state index in [0.29, 0.717) is 6.42 Å². The van der Waals surface area contributed by atoms with Crippen molar-refractivity contribution in [1.82, 2.24) is 10.6 Å². The van der Waals surface area contributed by atoms with Crippen LogP contribution in [0.3, 0.4) is 0 Å². The number of hydrogen-bond donors (Lipinski definition) is 3. The Morgan fingerprint density at radius 3 is 2.71 bits per heavy atom. The monoisotopic (exact) mass is 242 g/mol. The van der Waals surface area contributed by atoms with Crippen molar-refractivity contribution in [2.45, 2.75) is 39.2 Å². The van der Waals surface area contributed by atoms with Crippen LogP contribution in [-0.4, -0.2) is 36.1 Å². The summed E-state index contributed by atoms with van der Waals surface area (Å²) in [4.78, 5) is 22.8. The van der Waals surface area contributed by atoms with Crippen LogP contribution in [0.25, 0.3) is 0 Å². The molecule has 1 aliphatic heterocycles. The molecule has 0 spiro atoms. The predicted molar refractivity (Wildman–Crippen MR) is 64.6 cm³/mol. The molecule has 0 aromatic carbocycles. The van der Waals surface area contributed by atoms with Gasteiger partial charge in [0.05, 0.1) is 11.8 Å². The van der Waals surface area contributed by atoms with E-state index in [9.17, 15) is 9.59 Å². The molecule has 1 amide bonds. The third-order valence-corrected chi connectivity index (χ3v) is 3.37. The summed E-state index contributed by atoms with van der Waals surface area (Å²) in [6, 6.07) is 0.185. The van der Waals surface area contributed by atoms with Gasteiger partial charge in [0.25, 0.3) is 0 Å². The second-order valence-electron chi connectivity index (χ2n) is 4.71. The lowest BCUT2D eigenvalue weighted by Gasteiger charge is -2.17. The van der Waals surface area contributed by atoms with Gasteiger partial charge in [-0.1, -0.05) is 13.3 Å². The van der Waals surface area contributed by atoms with Crippen molar-refractivity contribution < 1.29 is 14.7 Å². The van der Waals surface area contributed by atoms with E-state index in [2.05, 4.69) is 10.6 Å². The lowest BCUT2D eigenvalue weighted by molar-refractivity contribution is -0.142. The summed E-state index contributed by atoms with van der Waals surface area (Å²) in [5, 5.41) is 14.9. The molecule has 3 N–H and O–H groups in total. The standard InChI is InChI=1S/C12H22N2O3/c1-3-4-9(12(16)17)7-14-11(15)10-5-6-13-8(10)2/h8-10,13H,3-7H2,1-2H3,(H,14,15)(H,16,17). The van der Waals surface area contributed by atoms with Crippen LogP contribution < -0.4 is 10.6 Å². The molecule has 0 radical (unpaired) electrons. The average Bonchev–Trinajstić information content (AvgIpc) is 2.69. The Labute approximate surface area is 102 Å². The molecule has 5 nitrogen and oxygen atoms in total. The summed E-state index contributed by atoms with van der Waals surface area (Å²) < 4.78 is 0. The molecule has 0 aromatic heterocycles. The highest BCUT2D eigenvalue weighted by Gasteiger charge is 2.29. The van der Waals surface area contributed by atoms with E-state index in [1.807, 2.05) is 13.8 Å². The summed E-state index contributed by atoms with van der Waals surface area (Å²) in [5.41, 5.74) is 0. The van der Waals surface area contributed by atoms with Crippen LogP contribution in [-0.2, 0) is 9.59 Å². The molecule has 17 heavy (non-hydrogen) atoms. The van der Waals surface area contributed by atoms with Crippen LogP contribution in [0.5, 0.6) is 0 Å². The number of hydrogen-bond acceptors (Lipinski definition) is 3. The Kier molecular flexibility index (Phi) is 5.41. The van der Waals surface area contributed by atoms with Gasteiger partial charge in [0.15, 0.2) is 0 Å². The molecule has 5 heteroatoms. The summed E-state index contributed by atoms with van der Waals surface area (Å²) >= 11 is 0. The molecule has 0 bridgehead atoms.